The highest BCUT2D eigenvalue weighted by Gasteiger charge is 2.40. The Balaban J connectivity index is 1.73. The second-order valence-electron chi connectivity index (χ2n) is 5.32. The Kier molecular flexibility index (Phi) is 4.93. The number of allylic oxidation sites excluding steroid dienone is 2. The van der Waals surface area contributed by atoms with Crippen molar-refractivity contribution in [2.45, 2.75) is 43.6 Å². The van der Waals surface area contributed by atoms with Gasteiger partial charge in [0.1, 0.15) is 0 Å². The zero-order chi connectivity index (χ0) is 13.8. The van der Waals surface area contributed by atoms with E-state index in [2.05, 4.69) is 22.8 Å². The highest BCUT2D eigenvalue weighted by Crippen LogP contribution is 2.20. The van der Waals surface area contributed by atoms with Gasteiger partial charge in [-0.1, -0.05) is 12.2 Å². The molecule has 0 spiro atoms. The van der Waals surface area contributed by atoms with E-state index in [0.717, 1.165) is 12.8 Å². The van der Waals surface area contributed by atoms with Crippen molar-refractivity contribution in [2.24, 2.45) is 5.92 Å². The molecular formula is C13H22N2O4. The maximum Gasteiger partial charge on any atom is 0.220 e. The van der Waals surface area contributed by atoms with Gasteiger partial charge >= 0.3 is 0 Å². The smallest absolute Gasteiger partial charge is 0.220 e. The number of aliphatic hydroxyl groups excluding tert-OH is 3. The lowest BCUT2D eigenvalue weighted by Gasteiger charge is -2.17. The molecule has 19 heavy (non-hydrogen) atoms. The average Bonchev–Trinajstić information content (AvgIpc) is 2.98. The number of amides is 1. The third-order valence-electron chi connectivity index (χ3n) is 3.88. The van der Waals surface area contributed by atoms with Crippen LogP contribution in [0.5, 0.6) is 0 Å². The van der Waals surface area contributed by atoms with Gasteiger partial charge in [-0.25, -0.2) is 0 Å². The minimum absolute atomic E-state index is 0.0486. The van der Waals surface area contributed by atoms with Gasteiger partial charge in [-0.3, -0.25) is 4.79 Å². The van der Waals surface area contributed by atoms with Crippen LogP contribution in [0.25, 0.3) is 0 Å². The molecule has 0 aromatic rings. The fourth-order valence-electron chi connectivity index (χ4n) is 2.69. The number of aliphatic hydroxyl groups is 3. The summed E-state index contributed by atoms with van der Waals surface area (Å²) in [4.78, 5) is 11.7. The number of hydrogen-bond donors (Lipinski definition) is 5. The lowest BCUT2D eigenvalue weighted by molar-refractivity contribution is -0.121. The van der Waals surface area contributed by atoms with Gasteiger partial charge < -0.3 is 26.0 Å². The summed E-state index contributed by atoms with van der Waals surface area (Å²) in [5.74, 6) is 0.268. The summed E-state index contributed by atoms with van der Waals surface area (Å²) in [7, 11) is 0. The van der Waals surface area contributed by atoms with Gasteiger partial charge in [0.25, 0.3) is 0 Å². The highest BCUT2D eigenvalue weighted by atomic mass is 16.3. The van der Waals surface area contributed by atoms with E-state index >= 15 is 0 Å². The molecule has 0 aromatic heterocycles. The van der Waals surface area contributed by atoms with E-state index in [0.29, 0.717) is 12.3 Å². The predicted octanol–water partition coefficient (Wildman–Crippen LogP) is -1.49. The minimum Gasteiger partial charge on any atom is -0.395 e. The molecule has 0 saturated carbocycles. The zero-order valence-corrected chi connectivity index (χ0v) is 10.8. The van der Waals surface area contributed by atoms with Crippen molar-refractivity contribution in [1.29, 1.82) is 0 Å². The van der Waals surface area contributed by atoms with Crippen LogP contribution < -0.4 is 10.6 Å². The molecule has 2 rings (SSSR count). The molecule has 1 aliphatic carbocycles. The summed E-state index contributed by atoms with van der Waals surface area (Å²) in [5.41, 5.74) is 0. The van der Waals surface area contributed by atoms with Gasteiger partial charge in [-0.15, -0.1) is 0 Å². The van der Waals surface area contributed by atoms with Gasteiger partial charge in [0.05, 0.1) is 30.9 Å². The summed E-state index contributed by atoms with van der Waals surface area (Å²) >= 11 is 0. The Morgan fingerprint density at radius 3 is 2.63 bits per heavy atom. The summed E-state index contributed by atoms with van der Waals surface area (Å²) < 4.78 is 0. The summed E-state index contributed by atoms with van der Waals surface area (Å²) in [5, 5.41) is 34.1. The zero-order valence-electron chi connectivity index (χ0n) is 10.8. The van der Waals surface area contributed by atoms with E-state index in [4.69, 9.17) is 5.11 Å². The van der Waals surface area contributed by atoms with Crippen LogP contribution in [0, 0.1) is 5.92 Å². The molecule has 1 fully saturated rings. The molecule has 6 heteroatoms. The van der Waals surface area contributed by atoms with E-state index in [1.165, 1.54) is 0 Å². The number of nitrogens with one attached hydrogen (secondary N) is 2. The molecule has 1 amide bonds. The quantitative estimate of drug-likeness (QED) is 0.392. The molecule has 1 aliphatic heterocycles. The number of hydrogen-bond acceptors (Lipinski definition) is 5. The first-order chi connectivity index (χ1) is 9.11. The topological polar surface area (TPSA) is 102 Å². The van der Waals surface area contributed by atoms with Crippen molar-refractivity contribution in [3.63, 3.8) is 0 Å². The van der Waals surface area contributed by atoms with Crippen LogP contribution in [0.1, 0.15) is 19.3 Å². The Morgan fingerprint density at radius 2 is 2.05 bits per heavy atom. The van der Waals surface area contributed by atoms with Crippen LogP contribution in [-0.2, 0) is 4.79 Å². The Bertz CT molecular complexity index is 348. The normalized spacial score (nSPS) is 37.7. The van der Waals surface area contributed by atoms with Crippen LogP contribution in [0.2, 0.25) is 0 Å². The molecule has 0 bridgehead atoms. The molecule has 6 nitrogen and oxygen atoms in total. The molecular weight excluding hydrogens is 248 g/mol. The minimum atomic E-state index is -0.996. The SMILES string of the molecule is O=C(CC1C=CCC1)NC[C@H]1N[C@H](CO)[C@@H](O)[C@@H]1O. The van der Waals surface area contributed by atoms with E-state index in [1.54, 1.807) is 0 Å². The number of carbonyl (C=O) groups is 1. The van der Waals surface area contributed by atoms with Gasteiger partial charge in [0.2, 0.25) is 5.91 Å². The maximum atomic E-state index is 11.7. The second kappa shape index (κ2) is 6.47. The van der Waals surface area contributed by atoms with E-state index in [1.807, 2.05) is 0 Å². The second-order valence-corrected chi connectivity index (χ2v) is 5.32. The molecule has 5 atom stereocenters. The third kappa shape index (κ3) is 3.54. The molecule has 0 aromatic carbocycles. The van der Waals surface area contributed by atoms with Crippen LogP contribution >= 0.6 is 0 Å². The Hall–Kier alpha value is -0.950. The van der Waals surface area contributed by atoms with Gasteiger partial charge in [0, 0.05) is 13.0 Å². The van der Waals surface area contributed by atoms with Crippen molar-refractivity contribution in [3.8, 4) is 0 Å². The molecule has 0 radical (unpaired) electrons. The molecule has 1 unspecified atom stereocenters. The van der Waals surface area contributed by atoms with Crippen molar-refractivity contribution in [2.75, 3.05) is 13.2 Å². The molecule has 5 N–H and O–H groups in total. The fourth-order valence-corrected chi connectivity index (χ4v) is 2.69. The van der Waals surface area contributed by atoms with Crippen LogP contribution in [0.3, 0.4) is 0 Å². The molecule has 1 heterocycles. The van der Waals surface area contributed by atoms with Gasteiger partial charge in [-0.05, 0) is 18.8 Å². The average molecular weight is 270 g/mol. The van der Waals surface area contributed by atoms with Crippen LogP contribution in [0.4, 0.5) is 0 Å². The Labute approximate surface area is 112 Å². The van der Waals surface area contributed by atoms with Crippen molar-refractivity contribution in [3.05, 3.63) is 12.2 Å². The monoisotopic (exact) mass is 270 g/mol. The summed E-state index contributed by atoms with van der Waals surface area (Å²) in [6.45, 7) is 0.0134. The number of carbonyl (C=O) groups excluding carboxylic acids is 1. The highest BCUT2D eigenvalue weighted by molar-refractivity contribution is 5.76. The molecule has 2 aliphatic rings. The standard InChI is InChI=1S/C13H22N2O4/c16-7-10-13(19)12(18)9(15-10)6-14-11(17)5-8-3-1-2-4-8/h1,3,8-10,12-13,15-16,18-19H,2,4-7H2,(H,14,17)/t8?,9-,10-,12-,13-/m1/s1. The van der Waals surface area contributed by atoms with Crippen molar-refractivity contribution >= 4 is 5.91 Å². The Morgan fingerprint density at radius 1 is 1.32 bits per heavy atom. The van der Waals surface area contributed by atoms with Crippen molar-refractivity contribution in [1.82, 2.24) is 10.6 Å². The molecule has 108 valence electrons. The summed E-state index contributed by atoms with van der Waals surface area (Å²) in [6.07, 6.45) is 4.70. The fraction of sp³-hybridized carbons (Fsp3) is 0.769. The van der Waals surface area contributed by atoms with Crippen LogP contribution in [-0.4, -0.2) is 58.7 Å². The first-order valence-electron chi connectivity index (χ1n) is 6.78. The van der Waals surface area contributed by atoms with E-state index in [-0.39, 0.29) is 19.1 Å². The van der Waals surface area contributed by atoms with Gasteiger partial charge in [-0.2, -0.15) is 0 Å². The first kappa shape index (κ1) is 14.5. The van der Waals surface area contributed by atoms with E-state index in [9.17, 15) is 15.0 Å². The van der Waals surface area contributed by atoms with E-state index < -0.39 is 24.3 Å². The predicted molar refractivity (Wildman–Crippen MR) is 69.3 cm³/mol. The molecule has 1 saturated heterocycles. The van der Waals surface area contributed by atoms with Crippen LogP contribution in [0.15, 0.2) is 12.2 Å². The number of rotatable bonds is 5. The first-order valence-corrected chi connectivity index (χ1v) is 6.78. The van der Waals surface area contributed by atoms with Gasteiger partial charge in [0.15, 0.2) is 0 Å². The third-order valence-corrected chi connectivity index (χ3v) is 3.88. The summed E-state index contributed by atoms with van der Waals surface area (Å²) in [6, 6.07) is -0.954. The largest absolute Gasteiger partial charge is 0.395 e. The van der Waals surface area contributed by atoms with Crippen molar-refractivity contribution < 1.29 is 20.1 Å². The lowest BCUT2D eigenvalue weighted by atomic mass is 10.0. The lowest BCUT2D eigenvalue weighted by Crippen LogP contribution is -2.44. The maximum absolute atomic E-state index is 11.7.